The van der Waals surface area contributed by atoms with E-state index in [1.807, 2.05) is 30.3 Å². The van der Waals surface area contributed by atoms with Crippen molar-refractivity contribution in [2.45, 2.75) is 19.9 Å². The number of nitrogens with zero attached hydrogens (tertiary/aromatic N) is 2. The predicted molar refractivity (Wildman–Crippen MR) is 108 cm³/mol. The van der Waals surface area contributed by atoms with E-state index >= 15 is 0 Å². The van der Waals surface area contributed by atoms with Crippen LogP contribution in [0.25, 0.3) is 0 Å². The first-order chi connectivity index (χ1) is 13.9. The van der Waals surface area contributed by atoms with Crippen molar-refractivity contribution < 1.29 is 18.4 Å². The van der Waals surface area contributed by atoms with Crippen molar-refractivity contribution >= 4 is 17.5 Å². The molecule has 154 valence electrons. The Morgan fingerprint density at radius 2 is 1.48 bits per heavy atom. The highest BCUT2D eigenvalue weighted by atomic mass is 19.1. The zero-order valence-electron chi connectivity index (χ0n) is 16.6. The van der Waals surface area contributed by atoms with Gasteiger partial charge in [0.2, 0.25) is 5.91 Å². The Bertz CT molecular complexity index is 845. The van der Waals surface area contributed by atoms with E-state index in [0.29, 0.717) is 26.2 Å². The second kappa shape index (κ2) is 9.03. The fourth-order valence-corrected chi connectivity index (χ4v) is 3.46. The van der Waals surface area contributed by atoms with Gasteiger partial charge in [-0.05, 0) is 30.2 Å². The monoisotopic (exact) mass is 401 g/mol. The molecule has 0 bridgehead atoms. The Hall–Kier alpha value is -2.96. The normalized spacial score (nSPS) is 15.3. The number of carbonyl (C=O) groups is 2. The molecule has 29 heavy (non-hydrogen) atoms. The quantitative estimate of drug-likeness (QED) is 0.838. The standard InChI is InChI=1S/C22H25F2N3O2/c1-15(2)20(25-21(28)19-17(23)9-6-10-18(19)24)22(29)27-13-11-26(12-14-27)16-7-4-3-5-8-16/h3-10,15,20H,11-14H2,1-2H3,(H,25,28)/t20-/m1/s1. The molecular formula is C22H25F2N3O2. The van der Waals surface area contributed by atoms with E-state index in [2.05, 4.69) is 10.2 Å². The van der Waals surface area contributed by atoms with Gasteiger partial charge in [0, 0.05) is 31.9 Å². The van der Waals surface area contributed by atoms with Gasteiger partial charge in [-0.25, -0.2) is 8.78 Å². The fourth-order valence-electron chi connectivity index (χ4n) is 3.46. The fraction of sp³-hybridized carbons (Fsp3) is 0.364. The van der Waals surface area contributed by atoms with Crippen molar-refractivity contribution in [1.29, 1.82) is 0 Å². The van der Waals surface area contributed by atoms with E-state index in [1.54, 1.807) is 18.7 Å². The van der Waals surface area contributed by atoms with Gasteiger partial charge in [0.25, 0.3) is 5.91 Å². The van der Waals surface area contributed by atoms with Gasteiger partial charge >= 0.3 is 0 Å². The van der Waals surface area contributed by atoms with E-state index in [9.17, 15) is 18.4 Å². The molecule has 1 atom stereocenters. The van der Waals surface area contributed by atoms with Crippen molar-refractivity contribution in [2.24, 2.45) is 5.92 Å². The minimum atomic E-state index is -0.950. The van der Waals surface area contributed by atoms with Crippen LogP contribution in [0.2, 0.25) is 0 Å². The van der Waals surface area contributed by atoms with Gasteiger partial charge in [0.05, 0.1) is 0 Å². The lowest BCUT2D eigenvalue weighted by atomic mass is 10.0. The zero-order chi connectivity index (χ0) is 21.0. The Labute approximate surface area is 169 Å². The van der Waals surface area contributed by atoms with E-state index in [0.717, 1.165) is 17.8 Å². The van der Waals surface area contributed by atoms with Crippen LogP contribution in [0.15, 0.2) is 48.5 Å². The third-order valence-electron chi connectivity index (χ3n) is 5.12. The molecule has 1 saturated heterocycles. The van der Waals surface area contributed by atoms with Crippen LogP contribution in [0, 0.1) is 17.6 Å². The summed E-state index contributed by atoms with van der Waals surface area (Å²) in [5.74, 6) is -3.29. The molecule has 1 heterocycles. The van der Waals surface area contributed by atoms with Gasteiger partial charge < -0.3 is 15.1 Å². The number of amides is 2. The summed E-state index contributed by atoms with van der Waals surface area (Å²) in [4.78, 5) is 29.4. The molecule has 0 aromatic heterocycles. The Morgan fingerprint density at radius 1 is 0.897 bits per heavy atom. The minimum absolute atomic E-state index is 0.228. The Kier molecular flexibility index (Phi) is 6.46. The van der Waals surface area contributed by atoms with E-state index < -0.39 is 29.1 Å². The first-order valence-electron chi connectivity index (χ1n) is 9.72. The van der Waals surface area contributed by atoms with Gasteiger partial charge in [-0.15, -0.1) is 0 Å². The largest absolute Gasteiger partial charge is 0.368 e. The average molecular weight is 401 g/mol. The molecule has 7 heteroatoms. The van der Waals surface area contributed by atoms with Crippen LogP contribution in [0.3, 0.4) is 0 Å². The molecule has 1 fully saturated rings. The minimum Gasteiger partial charge on any atom is -0.368 e. The number of para-hydroxylation sites is 1. The third-order valence-corrected chi connectivity index (χ3v) is 5.12. The van der Waals surface area contributed by atoms with Gasteiger partial charge in [-0.1, -0.05) is 38.1 Å². The van der Waals surface area contributed by atoms with Crippen LogP contribution in [0.4, 0.5) is 14.5 Å². The van der Waals surface area contributed by atoms with Crippen LogP contribution in [0.1, 0.15) is 24.2 Å². The van der Waals surface area contributed by atoms with Crippen molar-refractivity contribution in [3.63, 3.8) is 0 Å². The number of piperazine rings is 1. The number of carbonyl (C=O) groups excluding carboxylic acids is 2. The molecule has 2 aromatic rings. The Morgan fingerprint density at radius 3 is 2.03 bits per heavy atom. The van der Waals surface area contributed by atoms with Crippen molar-refractivity contribution in [3.05, 3.63) is 65.7 Å². The number of nitrogens with one attached hydrogen (secondary N) is 1. The van der Waals surface area contributed by atoms with E-state index in [-0.39, 0.29) is 11.8 Å². The number of hydrogen-bond donors (Lipinski definition) is 1. The molecule has 0 spiro atoms. The number of anilines is 1. The number of rotatable bonds is 5. The number of benzene rings is 2. The predicted octanol–water partition coefficient (Wildman–Crippen LogP) is 3.07. The maximum atomic E-state index is 13.9. The average Bonchev–Trinajstić information content (AvgIpc) is 2.72. The second-order valence-corrected chi connectivity index (χ2v) is 7.44. The molecule has 0 radical (unpaired) electrons. The maximum absolute atomic E-state index is 13.9. The summed E-state index contributed by atoms with van der Waals surface area (Å²) in [6, 6.07) is 12.3. The lowest BCUT2D eigenvalue weighted by molar-refractivity contribution is -0.134. The first-order valence-corrected chi connectivity index (χ1v) is 9.72. The molecule has 5 nitrogen and oxygen atoms in total. The molecule has 3 rings (SSSR count). The van der Waals surface area contributed by atoms with Gasteiger partial charge in [0.1, 0.15) is 23.2 Å². The highest BCUT2D eigenvalue weighted by molar-refractivity contribution is 5.98. The van der Waals surface area contributed by atoms with Gasteiger partial charge in [-0.3, -0.25) is 9.59 Å². The van der Waals surface area contributed by atoms with Crippen molar-refractivity contribution in [1.82, 2.24) is 10.2 Å². The molecule has 0 saturated carbocycles. The maximum Gasteiger partial charge on any atom is 0.257 e. The van der Waals surface area contributed by atoms with Crippen LogP contribution < -0.4 is 10.2 Å². The lowest BCUT2D eigenvalue weighted by Crippen LogP contribution is -2.56. The van der Waals surface area contributed by atoms with Crippen LogP contribution >= 0.6 is 0 Å². The number of halogens is 2. The summed E-state index contributed by atoms with van der Waals surface area (Å²) in [5, 5.41) is 2.53. The van der Waals surface area contributed by atoms with Gasteiger partial charge in [0.15, 0.2) is 0 Å². The summed E-state index contributed by atoms with van der Waals surface area (Å²) in [5.41, 5.74) is 0.434. The molecule has 2 aromatic carbocycles. The third kappa shape index (κ3) is 4.72. The van der Waals surface area contributed by atoms with Crippen molar-refractivity contribution in [3.8, 4) is 0 Å². The van der Waals surface area contributed by atoms with Crippen LogP contribution in [-0.2, 0) is 4.79 Å². The van der Waals surface area contributed by atoms with E-state index in [4.69, 9.17) is 0 Å². The SMILES string of the molecule is CC(C)[C@@H](NC(=O)c1c(F)cccc1F)C(=O)N1CCN(c2ccccc2)CC1. The molecule has 0 unspecified atom stereocenters. The summed E-state index contributed by atoms with van der Waals surface area (Å²) in [6.45, 7) is 5.97. The first kappa shape index (κ1) is 20.8. The Balaban J connectivity index is 1.67. The molecule has 2 amide bonds. The lowest BCUT2D eigenvalue weighted by Gasteiger charge is -2.38. The summed E-state index contributed by atoms with van der Waals surface area (Å²) in [6.07, 6.45) is 0. The van der Waals surface area contributed by atoms with E-state index in [1.165, 1.54) is 6.07 Å². The van der Waals surface area contributed by atoms with Crippen LogP contribution in [-0.4, -0.2) is 48.9 Å². The summed E-state index contributed by atoms with van der Waals surface area (Å²) in [7, 11) is 0. The van der Waals surface area contributed by atoms with Crippen LogP contribution in [0.5, 0.6) is 0 Å². The smallest absolute Gasteiger partial charge is 0.257 e. The molecule has 0 aliphatic carbocycles. The topological polar surface area (TPSA) is 52.7 Å². The van der Waals surface area contributed by atoms with Crippen molar-refractivity contribution in [2.75, 3.05) is 31.1 Å². The molecular weight excluding hydrogens is 376 g/mol. The molecule has 1 aliphatic rings. The molecule has 1 aliphatic heterocycles. The number of hydrogen-bond acceptors (Lipinski definition) is 3. The highest BCUT2D eigenvalue weighted by Crippen LogP contribution is 2.18. The highest BCUT2D eigenvalue weighted by Gasteiger charge is 2.32. The molecule has 1 N–H and O–H groups in total. The zero-order valence-corrected chi connectivity index (χ0v) is 16.6. The second-order valence-electron chi connectivity index (χ2n) is 7.44. The van der Waals surface area contributed by atoms with Gasteiger partial charge in [-0.2, -0.15) is 0 Å². The summed E-state index contributed by atoms with van der Waals surface area (Å²) >= 11 is 0. The summed E-state index contributed by atoms with van der Waals surface area (Å²) < 4.78 is 27.8.